The predicted molar refractivity (Wildman–Crippen MR) is 92.2 cm³/mol. The highest BCUT2D eigenvalue weighted by Gasteiger charge is 2.24. The monoisotopic (exact) mass is 382 g/mol. The number of fused-ring (bicyclic) bond motifs is 1. The van der Waals surface area contributed by atoms with Crippen LogP contribution in [0.4, 0.5) is 0 Å². The number of halogens is 1. The SMILES string of the molecule is NC1CCC(NS(=O)(=O)c2ccc3cc(Br)ccc3c2)CC1. The van der Waals surface area contributed by atoms with E-state index in [2.05, 4.69) is 20.7 Å². The van der Waals surface area contributed by atoms with Crippen molar-refractivity contribution >= 4 is 36.7 Å². The van der Waals surface area contributed by atoms with Gasteiger partial charge in [0.25, 0.3) is 0 Å². The Morgan fingerprint density at radius 1 is 1.00 bits per heavy atom. The van der Waals surface area contributed by atoms with Crippen LogP contribution in [0.25, 0.3) is 10.8 Å². The summed E-state index contributed by atoms with van der Waals surface area (Å²) in [4.78, 5) is 0.317. The number of nitrogens with one attached hydrogen (secondary N) is 1. The molecule has 0 amide bonds. The summed E-state index contributed by atoms with van der Waals surface area (Å²) < 4.78 is 28.9. The molecule has 1 fully saturated rings. The molecule has 22 heavy (non-hydrogen) atoms. The Morgan fingerprint density at radius 2 is 1.64 bits per heavy atom. The summed E-state index contributed by atoms with van der Waals surface area (Å²) in [7, 11) is -3.48. The first-order chi connectivity index (χ1) is 10.4. The van der Waals surface area contributed by atoms with Gasteiger partial charge in [0.15, 0.2) is 0 Å². The van der Waals surface area contributed by atoms with Crippen molar-refractivity contribution in [2.75, 3.05) is 0 Å². The fraction of sp³-hybridized carbons (Fsp3) is 0.375. The van der Waals surface area contributed by atoms with Gasteiger partial charge in [-0.3, -0.25) is 0 Å². The van der Waals surface area contributed by atoms with Gasteiger partial charge in [-0.1, -0.05) is 28.1 Å². The summed E-state index contributed by atoms with van der Waals surface area (Å²) in [6.07, 6.45) is 3.36. The van der Waals surface area contributed by atoms with Gasteiger partial charge in [0.05, 0.1) is 4.90 Å². The molecule has 0 heterocycles. The summed E-state index contributed by atoms with van der Waals surface area (Å²) in [5, 5.41) is 1.92. The van der Waals surface area contributed by atoms with Crippen molar-refractivity contribution in [1.82, 2.24) is 4.72 Å². The Hall–Kier alpha value is -0.950. The van der Waals surface area contributed by atoms with E-state index >= 15 is 0 Å². The highest BCUT2D eigenvalue weighted by molar-refractivity contribution is 9.10. The van der Waals surface area contributed by atoms with E-state index in [1.54, 1.807) is 12.1 Å². The molecule has 0 unspecified atom stereocenters. The van der Waals surface area contributed by atoms with E-state index in [9.17, 15) is 8.42 Å². The van der Waals surface area contributed by atoms with Crippen LogP contribution in [-0.4, -0.2) is 20.5 Å². The maximum absolute atomic E-state index is 12.5. The summed E-state index contributed by atoms with van der Waals surface area (Å²) in [6, 6.07) is 11.2. The summed E-state index contributed by atoms with van der Waals surface area (Å²) in [5.74, 6) is 0. The molecule has 3 rings (SSSR count). The van der Waals surface area contributed by atoms with Crippen molar-refractivity contribution in [3.05, 3.63) is 40.9 Å². The lowest BCUT2D eigenvalue weighted by Crippen LogP contribution is -2.40. The van der Waals surface area contributed by atoms with Crippen molar-refractivity contribution in [3.63, 3.8) is 0 Å². The van der Waals surface area contributed by atoms with Gasteiger partial charge in [-0.15, -0.1) is 0 Å². The Balaban J connectivity index is 1.84. The van der Waals surface area contributed by atoms with Crippen molar-refractivity contribution in [2.24, 2.45) is 5.73 Å². The summed E-state index contributed by atoms with van der Waals surface area (Å²) in [5.41, 5.74) is 5.87. The van der Waals surface area contributed by atoms with Crippen LogP contribution in [0, 0.1) is 0 Å². The van der Waals surface area contributed by atoms with Crippen LogP contribution in [0.2, 0.25) is 0 Å². The zero-order valence-electron chi connectivity index (χ0n) is 12.1. The lowest BCUT2D eigenvalue weighted by atomic mass is 9.93. The van der Waals surface area contributed by atoms with Crippen LogP contribution < -0.4 is 10.5 Å². The molecule has 4 nitrogen and oxygen atoms in total. The molecular formula is C16H19BrN2O2S. The molecule has 6 heteroatoms. The number of hydrogen-bond donors (Lipinski definition) is 2. The third-order valence-corrected chi connectivity index (χ3v) is 6.19. The summed E-state index contributed by atoms with van der Waals surface area (Å²) >= 11 is 3.42. The first kappa shape index (κ1) is 15.9. The van der Waals surface area contributed by atoms with Gasteiger partial charge in [0, 0.05) is 16.6 Å². The van der Waals surface area contributed by atoms with E-state index in [1.807, 2.05) is 24.3 Å². The summed E-state index contributed by atoms with van der Waals surface area (Å²) in [6.45, 7) is 0. The first-order valence-electron chi connectivity index (χ1n) is 7.41. The van der Waals surface area contributed by atoms with Crippen molar-refractivity contribution in [2.45, 2.75) is 42.7 Å². The molecule has 0 atom stereocenters. The quantitative estimate of drug-likeness (QED) is 0.855. The second-order valence-electron chi connectivity index (χ2n) is 5.89. The number of hydrogen-bond acceptors (Lipinski definition) is 3. The highest BCUT2D eigenvalue weighted by atomic mass is 79.9. The van der Waals surface area contributed by atoms with Gasteiger partial charge in [0.2, 0.25) is 10.0 Å². The second kappa shape index (κ2) is 6.28. The number of benzene rings is 2. The Bertz CT molecular complexity index is 784. The standard InChI is InChI=1S/C16H19BrN2O2S/c17-13-3-1-12-10-16(8-2-11(12)9-13)22(20,21)19-15-6-4-14(18)5-7-15/h1-3,8-10,14-15,19H,4-7,18H2. The van der Waals surface area contributed by atoms with E-state index in [0.29, 0.717) is 4.90 Å². The topological polar surface area (TPSA) is 72.2 Å². The Morgan fingerprint density at radius 3 is 2.36 bits per heavy atom. The van der Waals surface area contributed by atoms with Crippen LogP contribution in [0.3, 0.4) is 0 Å². The maximum Gasteiger partial charge on any atom is 0.240 e. The van der Waals surface area contributed by atoms with Crippen LogP contribution in [0.1, 0.15) is 25.7 Å². The minimum absolute atomic E-state index is 0.00888. The van der Waals surface area contributed by atoms with Crippen LogP contribution in [0.5, 0.6) is 0 Å². The second-order valence-corrected chi connectivity index (χ2v) is 8.52. The average molecular weight is 383 g/mol. The van der Waals surface area contributed by atoms with Crippen LogP contribution in [0.15, 0.2) is 45.8 Å². The zero-order valence-corrected chi connectivity index (χ0v) is 14.5. The minimum atomic E-state index is -3.48. The molecule has 2 aromatic rings. The zero-order chi connectivity index (χ0) is 15.7. The van der Waals surface area contributed by atoms with Crippen molar-refractivity contribution in [3.8, 4) is 0 Å². The molecule has 0 saturated heterocycles. The molecule has 2 aromatic carbocycles. The first-order valence-corrected chi connectivity index (χ1v) is 9.69. The third kappa shape index (κ3) is 3.51. The number of rotatable bonds is 3. The number of sulfonamides is 1. The molecule has 0 aliphatic heterocycles. The molecule has 0 bridgehead atoms. The van der Waals surface area contributed by atoms with E-state index in [-0.39, 0.29) is 12.1 Å². The van der Waals surface area contributed by atoms with Gasteiger partial charge < -0.3 is 5.73 Å². The van der Waals surface area contributed by atoms with Crippen LogP contribution >= 0.6 is 15.9 Å². The van der Waals surface area contributed by atoms with E-state index in [1.165, 1.54) is 0 Å². The van der Waals surface area contributed by atoms with Gasteiger partial charge in [-0.2, -0.15) is 0 Å². The molecule has 0 radical (unpaired) electrons. The molecule has 3 N–H and O–H groups in total. The number of nitrogens with two attached hydrogens (primary N) is 1. The smallest absolute Gasteiger partial charge is 0.240 e. The highest BCUT2D eigenvalue weighted by Crippen LogP contribution is 2.24. The third-order valence-electron chi connectivity index (χ3n) is 4.18. The molecule has 0 spiro atoms. The van der Waals surface area contributed by atoms with Crippen molar-refractivity contribution < 1.29 is 8.42 Å². The van der Waals surface area contributed by atoms with E-state index < -0.39 is 10.0 Å². The minimum Gasteiger partial charge on any atom is -0.328 e. The molecular weight excluding hydrogens is 364 g/mol. The van der Waals surface area contributed by atoms with Gasteiger partial charge in [-0.05, 0) is 60.7 Å². The molecule has 1 aliphatic carbocycles. The van der Waals surface area contributed by atoms with Gasteiger partial charge in [0.1, 0.15) is 0 Å². The molecule has 118 valence electrons. The van der Waals surface area contributed by atoms with Gasteiger partial charge in [-0.25, -0.2) is 13.1 Å². The van der Waals surface area contributed by atoms with E-state index in [4.69, 9.17) is 5.73 Å². The lowest BCUT2D eigenvalue weighted by Gasteiger charge is -2.26. The maximum atomic E-state index is 12.5. The molecule has 1 saturated carbocycles. The fourth-order valence-corrected chi connectivity index (χ4v) is 4.61. The molecule has 1 aliphatic rings. The predicted octanol–water partition coefficient (Wildman–Crippen LogP) is 3.15. The average Bonchev–Trinajstić information content (AvgIpc) is 2.49. The molecule has 0 aromatic heterocycles. The lowest BCUT2D eigenvalue weighted by molar-refractivity contribution is 0.373. The van der Waals surface area contributed by atoms with Crippen molar-refractivity contribution in [1.29, 1.82) is 0 Å². The van der Waals surface area contributed by atoms with Crippen LogP contribution in [-0.2, 0) is 10.0 Å². The fourth-order valence-electron chi connectivity index (χ4n) is 2.89. The van der Waals surface area contributed by atoms with Gasteiger partial charge >= 0.3 is 0 Å². The Labute approximate surface area is 139 Å². The normalized spacial score (nSPS) is 22.8. The van der Waals surface area contributed by atoms with E-state index in [0.717, 1.165) is 40.9 Å². The Kier molecular flexibility index (Phi) is 4.54. The largest absolute Gasteiger partial charge is 0.328 e.